The monoisotopic (exact) mass is 288 g/mol. The summed E-state index contributed by atoms with van der Waals surface area (Å²) in [5.74, 6) is -0.224. The Morgan fingerprint density at radius 3 is 2.72 bits per heavy atom. The number of amides is 1. The molecule has 1 aromatic carbocycles. The molecule has 0 aromatic heterocycles. The minimum Gasteiger partial charge on any atom is -0.399 e. The van der Waals surface area contributed by atoms with Crippen LogP contribution in [-0.4, -0.2) is 28.2 Å². The number of hydrogen-bond acceptors (Lipinski definition) is 3. The summed E-state index contributed by atoms with van der Waals surface area (Å²) in [6, 6.07) is 4.72. The van der Waals surface area contributed by atoms with Gasteiger partial charge >= 0.3 is 0 Å². The summed E-state index contributed by atoms with van der Waals surface area (Å²) in [4.78, 5) is 11.8. The highest BCUT2D eigenvalue weighted by Crippen LogP contribution is 2.16. The van der Waals surface area contributed by atoms with Crippen LogP contribution in [0.25, 0.3) is 0 Å². The van der Waals surface area contributed by atoms with Gasteiger partial charge in [0.1, 0.15) is 0 Å². The number of carbonyl (C=O) groups excluding carboxylic acids is 1. The fraction of sp³-hybridized carbons (Fsp3) is 0.417. The van der Waals surface area contributed by atoms with Crippen molar-refractivity contribution in [3.8, 4) is 0 Å². The van der Waals surface area contributed by atoms with Crippen LogP contribution in [-0.2, 0) is 10.8 Å². The molecule has 0 saturated heterocycles. The van der Waals surface area contributed by atoms with Gasteiger partial charge in [-0.15, -0.1) is 0 Å². The molecule has 1 rings (SSSR count). The summed E-state index contributed by atoms with van der Waals surface area (Å²) in [5.41, 5.74) is 6.50. The minimum absolute atomic E-state index is 0.0646. The van der Waals surface area contributed by atoms with Crippen LogP contribution in [0.5, 0.6) is 0 Å². The molecule has 4 nitrogen and oxygen atoms in total. The molecule has 2 atom stereocenters. The summed E-state index contributed by atoms with van der Waals surface area (Å²) in [7, 11) is -0.869. The van der Waals surface area contributed by atoms with Crippen LogP contribution in [0.15, 0.2) is 18.2 Å². The molecule has 0 aliphatic heterocycles. The Labute approximate surface area is 114 Å². The SMILES string of the molecule is CC(CCNC(=O)c1cc(N)cc(Cl)c1)S(C)=O. The van der Waals surface area contributed by atoms with Gasteiger partial charge in [-0.25, -0.2) is 0 Å². The Morgan fingerprint density at radius 2 is 2.17 bits per heavy atom. The number of nitrogen functional groups attached to an aromatic ring is 1. The van der Waals surface area contributed by atoms with Crippen molar-refractivity contribution in [3.63, 3.8) is 0 Å². The van der Waals surface area contributed by atoms with E-state index in [1.165, 1.54) is 0 Å². The van der Waals surface area contributed by atoms with Gasteiger partial charge in [-0.05, 0) is 24.6 Å². The zero-order valence-corrected chi connectivity index (χ0v) is 12.0. The highest BCUT2D eigenvalue weighted by Gasteiger charge is 2.09. The number of nitrogens with two attached hydrogens (primary N) is 1. The molecule has 6 heteroatoms. The van der Waals surface area contributed by atoms with Crippen LogP contribution in [0.4, 0.5) is 5.69 Å². The maximum Gasteiger partial charge on any atom is 0.251 e. The van der Waals surface area contributed by atoms with E-state index in [1.54, 1.807) is 24.5 Å². The van der Waals surface area contributed by atoms with E-state index in [9.17, 15) is 9.00 Å². The van der Waals surface area contributed by atoms with Crippen LogP contribution in [0.1, 0.15) is 23.7 Å². The summed E-state index contributed by atoms with van der Waals surface area (Å²) in [6.07, 6.45) is 2.33. The fourth-order valence-electron chi connectivity index (χ4n) is 1.40. The molecule has 0 spiro atoms. The molecule has 100 valence electrons. The number of halogens is 1. The Kier molecular flexibility index (Phi) is 5.62. The first-order valence-electron chi connectivity index (χ1n) is 5.56. The number of anilines is 1. The van der Waals surface area contributed by atoms with E-state index in [-0.39, 0.29) is 11.2 Å². The van der Waals surface area contributed by atoms with Gasteiger partial charge in [-0.1, -0.05) is 18.5 Å². The predicted molar refractivity (Wildman–Crippen MR) is 76.3 cm³/mol. The van der Waals surface area contributed by atoms with Gasteiger partial charge in [0.15, 0.2) is 0 Å². The van der Waals surface area contributed by atoms with E-state index >= 15 is 0 Å². The normalized spacial score (nSPS) is 13.9. The third kappa shape index (κ3) is 4.66. The molecule has 1 amide bonds. The number of carbonyl (C=O) groups is 1. The van der Waals surface area contributed by atoms with E-state index in [4.69, 9.17) is 17.3 Å². The molecule has 0 aliphatic carbocycles. The van der Waals surface area contributed by atoms with Crippen LogP contribution < -0.4 is 11.1 Å². The highest BCUT2D eigenvalue weighted by molar-refractivity contribution is 7.84. The highest BCUT2D eigenvalue weighted by atomic mass is 35.5. The first-order chi connectivity index (χ1) is 8.40. The average Bonchev–Trinajstić information content (AvgIpc) is 2.27. The maximum atomic E-state index is 11.8. The van der Waals surface area contributed by atoms with Gasteiger partial charge in [0, 0.05) is 45.1 Å². The van der Waals surface area contributed by atoms with Gasteiger partial charge in [-0.2, -0.15) is 0 Å². The van der Waals surface area contributed by atoms with Crippen molar-refractivity contribution in [3.05, 3.63) is 28.8 Å². The summed E-state index contributed by atoms with van der Waals surface area (Å²) in [6.45, 7) is 2.37. The van der Waals surface area contributed by atoms with E-state index in [1.807, 2.05) is 6.92 Å². The quantitative estimate of drug-likeness (QED) is 0.812. The van der Waals surface area contributed by atoms with Crippen molar-refractivity contribution >= 4 is 34.0 Å². The zero-order chi connectivity index (χ0) is 13.7. The lowest BCUT2D eigenvalue weighted by atomic mass is 10.2. The molecule has 1 aromatic rings. The molecule has 0 saturated carbocycles. The Bertz CT molecular complexity index is 445. The largest absolute Gasteiger partial charge is 0.399 e. The van der Waals surface area contributed by atoms with Crippen molar-refractivity contribution in [2.24, 2.45) is 0 Å². The molecule has 0 radical (unpaired) electrons. The summed E-state index contributed by atoms with van der Waals surface area (Å²) >= 11 is 5.82. The second-order valence-electron chi connectivity index (χ2n) is 4.13. The van der Waals surface area contributed by atoms with Crippen molar-refractivity contribution in [2.75, 3.05) is 18.5 Å². The molecule has 0 fully saturated rings. The topological polar surface area (TPSA) is 72.2 Å². The lowest BCUT2D eigenvalue weighted by Crippen LogP contribution is -2.27. The number of benzene rings is 1. The van der Waals surface area contributed by atoms with Gasteiger partial charge in [0.2, 0.25) is 0 Å². The second kappa shape index (κ2) is 6.75. The third-order valence-corrected chi connectivity index (χ3v) is 4.17. The molecule has 0 bridgehead atoms. The van der Waals surface area contributed by atoms with Gasteiger partial charge in [-0.3, -0.25) is 9.00 Å². The number of rotatable bonds is 5. The van der Waals surface area contributed by atoms with Crippen LogP contribution in [0.2, 0.25) is 5.02 Å². The first-order valence-corrected chi connectivity index (χ1v) is 7.56. The first kappa shape index (κ1) is 15.0. The molecule has 3 N–H and O–H groups in total. The fourth-order valence-corrected chi connectivity index (χ4v) is 2.09. The van der Waals surface area contributed by atoms with Gasteiger partial charge < -0.3 is 11.1 Å². The van der Waals surface area contributed by atoms with Crippen molar-refractivity contribution in [1.29, 1.82) is 0 Å². The number of hydrogen-bond donors (Lipinski definition) is 2. The Hall–Kier alpha value is -1.07. The van der Waals surface area contributed by atoms with Crippen molar-refractivity contribution in [1.82, 2.24) is 5.32 Å². The summed E-state index contributed by atoms with van der Waals surface area (Å²) < 4.78 is 11.1. The van der Waals surface area contributed by atoms with E-state index in [2.05, 4.69) is 5.32 Å². The summed E-state index contributed by atoms with van der Waals surface area (Å²) in [5, 5.41) is 3.25. The predicted octanol–water partition coefficient (Wildman–Crippen LogP) is 1.81. The maximum absolute atomic E-state index is 11.8. The minimum atomic E-state index is -0.869. The zero-order valence-electron chi connectivity index (χ0n) is 10.4. The molecular formula is C12H17ClN2O2S. The Balaban J connectivity index is 2.53. The number of nitrogens with one attached hydrogen (secondary N) is 1. The molecule has 0 aliphatic rings. The van der Waals surface area contributed by atoms with Crippen LogP contribution in [0, 0.1) is 0 Å². The van der Waals surface area contributed by atoms with E-state index in [0.29, 0.717) is 29.2 Å². The molecule has 0 heterocycles. The third-order valence-electron chi connectivity index (χ3n) is 2.59. The van der Waals surface area contributed by atoms with Crippen LogP contribution >= 0.6 is 11.6 Å². The van der Waals surface area contributed by atoms with E-state index in [0.717, 1.165) is 0 Å². The standard InChI is InChI=1S/C12H17ClN2O2S/c1-8(18(2)17)3-4-15-12(16)9-5-10(13)7-11(14)6-9/h5-8H,3-4,14H2,1-2H3,(H,15,16). The average molecular weight is 289 g/mol. The molecular weight excluding hydrogens is 272 g/mol. The molecule has 18 heavy (non-hydrogen) atoms. The van der Waals surface area contributed by atoms with Gasteiger partial charge in [0.25, 0.3) is 5.91 Å². The lowest BCUT2D eigenvalue weighted by Gasteiger charge is -2.09. The van der Waals surface area contributed by atoms with Crippen molar-refractivity contribution in [2.45, 2.75) is 18.6 Å². The Morgan fingerprint density at radius 1 is 1.50 bits per heavy atom. The van der Waals surface area contributed by atoms with Crippen LogP contribution in [0.3, 0.4) is 0 Å². The van der Waals surface area contributed by atoms with E-state index < -0.39 is 10.8 Å². The lowest BCUT2D eigenvalue weighted by molar-refractivity contribution is 0.0953. The second-order valence-corrected chi connectivity index (χ2v) is 6.37. The molecule has 2 unspecified atom stereocenters. The smallest absolute Gasteiger partial charge is 0.251 e. The van der Waals surface area contributed by atoms with Gasteiger partial charge in [0.05, 0.1) is 0 Å². The van der Waals surface area contributed by atoms with Crippen molar-refractivity contribution < 1.29 is 9.00 Å².